The van der Waals surface area contributed by atoms with Gasteiger partial charge < -0.3 is 14.2 Å². The van der Waals surface area contributed by atoms with Gasteiger partial charge in [-0.15, -0.1) is 0 Å². The highest BCUT2D eigenvalue weighted by Crippen LogP contribution is 2.41. The highest BCUT2D eigenvalue weighted by Gasteiger charge is 2.49. The van der Waals surface area contributed by atoms with Crippen molar-refractivity contribution in [3.05, 3.63) is 24.2 Å². The average molecular weight is 344 g/mol. The first-order valence-electron chi connectivity index (χ1n) is 9.79. The van der Waals surface area contributed by atoms with E-state index in [0.29, 0.717) is 30.5 Å². The molecule has 1 aliphatic carbocycles. The van der Waals surface area contributed by atoms with E-state index in [2.05, 4.69) is 4.90 Å². The van der Waals surface area contributed by atoms with Gasteiger partial charge in [-0.3, -0.25) is 9.59 Å². The van der Waals surface area contributed by atoms with Gasteiger partial charge in [0.2, 0.25) is 5.91 Å². The SMILES string of the molecule is O=C(c1ccoc1)N1CC[C@@]2(CCCN(CC3CCCCC3)C2=O)C1. The second-order valence-corrected chi connectivity index (χ2v) is 8.13. The van der Waals surface area contributed by atoms with Gasteiger partial charge in [-0.2, -0.15) is 0 Å². The molecule has 136 valence electrons. The molecule has 0 radical (unpaired) electrons. The number of hydrogen-bond acceptors (Lipinski definition) is 3. The van der Waals surface area contributed by atoms with Gasteiger partial charge in [0.15, 0.2) is 0 Å². The summed E-state index contributed by atoms with van der Waals surface area (Å²) >= 11 is 0. The van der Waals surface area contributed by atoms with Crippen LogP contribution >= 0.6 is 0 Å². The predicted molar refractivity (Wildman–Crippen MR) is 94.1 cm³/mol. The lowest BCUT2D eigenvalue weighted by molar-refractivity contribution is -0.146. The molecule has 3 fully saturated rings. The lowest BCUT2D eigenvalue weighted by atomic mass is 9.77. The normalized spacial score (nSPS) is 28.1. The molecule has 0 N–H and O–H groups in total. The van der Waals surface area contributed by atoms with E-state index in [1.165, 1.54) is 44.6 Å². The van der Waals surface area contributed by atoms with Crippen molar-refractivity contribution in [2.75, 3.05) is 26.2 Å². The molecule has 0 unspecified atom stereocenters. The van der Waals surface area contributed by atoms with Crippen LogP contribution in [0, 0.1) is 11.3 Å². The second-order valence-electron chi connectivity index (χ2n) is 8.13. The smallest absolute Gasteiger partial charge is 0.257 e. The first kappa shape index (κ1) is 16.7. The number of rotatable bonds is 3. The summed E-state index contributed by atoms with van der Waals surface area (Å²) in [6, 6.07) is 1.70. The van der Waals surface area contributed by atoms with Crippen molar-refractivity contribution in [3.8, 4) is 0 Å². The molecule has 3 aliphatic rings. The zero-order valence-corrected chi connectivity index (χ0v) is 14.9. The summed E-state index contributed by atoms with van der Waals surface area (Å²) < 4.78 is 5.03. The van der Waals surface area contributed by atoms with Crippen LogP contribution in [0.5, 0.6) is 0 Å². The summed E-state index contributed by atoms with van der Waals surface area (Å²) in [5, 5.41) is 0. The Kier molecular flexibility index (Phi) is 4.57. The van der Waals surface area contributed by atoms with Gasteiger partial charge in [0.1, 0.15) is 6.26 Å². The number of carbonyl (C=O) groups excluding carboxylic acids is 2. The summed E-state index contributed by atoms with van der Waals surface area (Å²) in [6.07, 6.45) is 12.3. The van der Waals surface area contributed by atoms with Crippen LogP contribution in [0.3, 0.4) is 0 Å². The maximum absolute atomic E-state index is 13.2. The molecule has 5 heteroatoms. The van der Waals surface area contributed by atoms with Crippen LogP contribution in [0.1, 0.15) is 61.7 Å². The Labute approximate surface area is 149 Å². The van der Waals surface area contributed by atoms with Gasteiger partial charge in [-0.05, 0) is 44.1 Å². The largest absolute Gasteiger partial charge is 0.472 e. The van der Waals surface area contributed by atoms with E-state index in [4.69, 9.17) is 4.42 Å². The summed E-state index contributed by atoms with van der Waals surface area (Å²) in [6.45, 7) is 3.06. The molecule has 0 bridgehead atoms. The van der Waals surface area contributed by atoms with E-state index in [9.17, 15) is 9.59 Å². The average Bonchev–Trinajstić information content (AvgIpc) is 3.31. The van der Waals surface area contributed by atoms with Crippen LogP contribution in [-0.2, 0) is 4.79 Å². The first-order chi connectivity index (χ1) is 12.2. The van der Waals surface area contributed by atoms with Gasteiger partial charge in [-0.1, -0.05) is 19.3 Å². The summed E-state index contributed by atoms with van der Waals surface area (Å²) in [7, 11) is 0. The molecular formula is C20H28N2O3. The Balaban J connectivity index is 1.42. The van der Waals surface area contributed by atoms with E-state index in [0.717, 1.165) is 32.4 Å². The van der Waals surface area contributed by atoms with Crippen LogP contribution in [0.15, 0.2) is 23.0 Å². The van der Waals surface area contributed by atoms with Gasteiger partial charge in [0, 0.05) is 26.2 Å². The lowest BCUT2D eigenvalue weighted by Crippen LogP contribution is -2.51. The molecule has 1 saturated carbocycles. The monoisotopic (exact) mass is 344 g/mol. The third kappa shape index (κ3) is 3.21. The van der Waals surface area contributed by atoms with Gasteiger partial charge in [0.25, 0.3) is 5.91 Å². The molecule has 4 rings (SSSR count). The quantitative estimate of drug-likeness (QED) is 0.845. The molecule has 5 nitrogen and oxygen atoms in total. The molecule has 25 heavy (non-hydrogen) atoms. The highest BCUT2D eigenvalue weighted by atomic mass is 16.3. The van der Waals surface area contributed by atoms with Crippen molar-refractivity contribution in [1.82, 2.24) is 9.80 Å². The Hall–Kier alpha value is -1.78. The highest BCUT2D eigenvalue weighted by molar-refractivity contribution is 5.95. The van der Waals surface area contributed by atoms with E-state index < -0.39 is 0 Å². The number of likely N-dealkylation sites (tertiary alicyclic amines) is 2. The maximum Gasteiger partial charge on any atom is 0.257 e. The molecule has 2 amide bonds. The minimum absolute atomic E-state index is 0.0113. The van der Waals surface area contributed by atoms with Crippen molar-refractivity contribution in [2.24, 2.45) is 11.3 Å². The zero-order valence-electron chi connectivity index (χ0n) is 14.9. The molecule has 1 atom stereocenters. The number of carbonyl (C=O) groups is 2. The van der Waals surface area contributed by atoms with E-state index in [1.807, 2.05) is 4.90 Å². The molecule has 1 aromatic rings. The van der Waals surface area contributed by atoms with Crippen LogP contribution in [0.2, 0.25) is 0 Å². The molecule has 2 aliphatic heterocycles. The van der Waals surface area contributed by atoms with Crippen LogP contribution in [0.25, 0.3) is 0 Å². The van der Waals surface area contributed by atoms with Crippen LogP contribution in [-0.4, -0.2) is 47.8 Å². The third-order valence-corrected chi connectivity index (χ3v) is 6.44. The number of piperidine rings is 1. The minimum Gasteiger partial charge on any atom is -0.472 e. The fourth-order valence-corrected chi connectivity index (χ4v) is 5.00. The molecule has 0 aromatic carbocycles. The van der Waals surface area contributed by atoms with E-state index in [-0.39, 0.29) is 11.3 Å². The van der Waals surface area contributed by atoms with E-state index >= 15 is 0 Å². The molecular weight excluding hydrogens is 316 g/mol. The Morgan fingerprint density at radius 2 is 2.00 bits per heavy atom. The Morgan fingerprint density at radius 3 is 2.76 bits per heavy atom. The second kappa shape index (κ2) is 6.85. The predicted octanol–water partition coefficient (Wildman–Crippen LogP) is 3.31. The van der Waals surface area contributed by atoms with Crippen molar-refractivity contribution in [2.45, 2.75) is 51.4 Å². The van der Waals surface area contributed by atoms with Crippen LogP contribution in [0.4, 0.5) is 0 Å². The molecule has 1 aromatic heterocycles. The van der Waals surface area contributed by atoms with Crippen molar-refractivity contribution in [3.63, 3.8) is 0 Å². The van der Waals surface area contributed by atoms with Crippen molar-refractivity contribution < 1.29 is 14.0 Å². The number of nitrogens with zero attached hydrogens (tertiary/aromatic N) is 2. The standard InChI is InChI=1S/C20H28N2O3/c23-18(17-7-12-25-14-17)22-11-9-20(15-22)8-4-10-21(19(20)24)13-16-5-2-1-3-6-16/h7,12,14,16H,1-6,8-11,13,15H2/t20-/m0/s1. The molecule has 3 heterocycles. The summed E-state index contributed by atoms with van der Waals surface area (Å²) in [5.74, 6) is 0.965. The number of furan rings is 1. The Bertz CT molecular complexity index is 621. The fourth-order valence-electron chi connectivity index (χ4n) is 5.00. The van der Waals surface area contributed by atoms with Gasteiger partial charge >= 0.3 is 0 Å². The first-order valence-corrected chi connectivity index (χ1v) is 9.79. The minimum atomic E-state index is -0.341. The summed E-state index contributed by atoms with van der Waals surface area (Å²) in [4.78, 5) is 29.8. The van der Waals surface area contributed by atoms with Crippen molar-refractivity contribution >= 4 is 11.8 Å². The van der Waals surface area contributed by atoms with Crippen LogP contribution < -0.4 is 0 Å². The maximum atomic E-state index is 13.2. The van der Waals surface area contributed by atoms with Crippen molar-refractivity contribution in [1.29, 1.82) is 0 Å². The number of amides is 2. The summed E-state index contributed by atoms with van der Waals surface area (Å²) in [5.41, 5.74) is 0.242. The van der Waals surface area contributed by atoms with Gasteiger partial charge in [0.05, 0.1) is 17.2 Å². The van der Waals surface area contributed by atoms with Gasteiger partial charge in [-0.25, -0.2) is 0 Å². The molecule has 2 saturated heterocycles. The fraction of sp³-hybridized carbons (Fsp3) is 0.700. The number of hydrogen-bond donors (Lipinski definition) is 0. The molecule has 1 spiro atoms. The van der Waals surface area contributed by atoms with E-state index in [1.54, 1.807) is 6.07 Å². The Morgan fingerprint density at radius 1 is 1.16 bits per heavy atom. The third-order valence-electron chi connectivity index (χ3n) is 6.44. The zero-order chi connectivity index (χ0) is 17.3. The lowest BCUT2D eigenvalue weighted by Gasteiger charge is -2.41. The topological polar surface area (TPSA) is 53.8 Å².